The minimum absolute atomic E-state index is 0.293. The van der Waals surface area contributed by atoms with Crippen LogP contribution >= 0.6 is 0 Å². The maximum Gasteiger partial charge on any atom is 0.231 e. The molecule has 1 aromatic rings. The highest BCUT2D eigenvalue weighted by atomic mass is 19.1. The first-order valence-electron chi connectivity index (χ1n) is 6.72. The average molecular weight is 283 g/mol. The van der Waals surface area contributed by atoms with Crippen molar-refractivity contribution in [2.75, 3.05) is 19.6 Å². The molecule has 1 heterocycles. The minimum atomic E-state index is -0.557. The van der Waals surface area contributed by atoms with Crippen LogP contribution in [-0.4, -0.2) is 36.5 Å². The van der Waals surface area contributed by atoms with Gasteiger partial charge in [0.25, 0.3) is 0 Å². The van der Waals surface area contributed by atoms with Crippen LogP contribution < -0.4 is 11.1 Å². The third kappa shape index (κ3) is 4.54. The number of primary amides is 1. The Balaban J connectivity index is 1.77. The molecule has 2 rings (SSSR count). The lowest BCUT2D eigenvalue weighted by Gasteiger charge is -2.31. The topological polar surface area (TPSA) is 58.4 Å². The van der Waals surface area contributed by atoms with Crippen molar-refractivity contribution >= 4 is 5.91 Å². The largest absolute Gasteiger partial charge is 0.369 e. The fourth-order valence-corrected chi connectivity index (χ4v) is 2.49. The molecule has 0 aromatic heterocycles. The molecule has 0 spiro atoms. The van der Waals surface area contributed by atoms with Crippen molar-refractivity contribution in [3.63, 3.8) is 0 Å². The van der Waals surface area contributed by atoms with Crippen LogP contribution in [0.1, 0.15) is 18.4 Å². The fraction of sp³-hybridized carbons (Fsp3) is 0.500. The third-order valence-electron chi connectivity index (χ3n) is 3.48. The molecule has 0 unspecified atom stereocenters. The van der Waals surface area contributed by atoms with Crippen LogP contribution in [0.3, 0.4) is 0 Å². The minimum Gasteiger partial charge on any atom is -0.369 e. The van der Waals surface area contributed by atoms with Gasteiger partial charge < -0.3 is 11.1 Å². The summed E-state index contributed by atoms with van der Waals surface area (Å²) in [6.07, 6.45) is 1.79. The van der Waals surface area contributed by atoms with Gasteiger partial charge in [0.2, 0.25) is 5.91 Å². The molecular weight excluding hydrogens is 264 g/mol. The SMILES string of the molecule is NC(=O)CN1CCC(NCc2cc(F)cc(F)c2)CC1. The van der Waals surface area contributed by atoms with Crippen molar-refractivity contribution in [1.82, 2.24) is 10.2 Å². The first-order chi connectivity index (χ1) is 9.52. The molecule has 0 saturated carbocycles. The maximum atomic E-state index is 13.0. The number of hydrogen-bond donors (Lipinski definition) is 2. The molecule has 1 aliphatic heterocycles. The normalized spacial score (nSPS) is 17.3. The van der Waals surface area contributed by atoms with Crippen LogP contribution in [-0.2, 0) is 11.3 Å². The van der Waals surface area contributed by atoms with Crippen LogP contribution in [0.5, 0.6) is 0 Å². The van der Waals surface area contributed by atoms with Crippen molar-refractivity contribution in [2.24, 2.45) is 5.73 Å². The molecule has 1 saturated heterocycles. The van der Waals surface area contributed by atoms with Gasteiger partial charge in [0.05, 0.1) is 6.54 Å². The summed E-state index contributed by atoms with van der Waals surface area (Å²) >= 11 is 0. The Morgan fingerprint density at radius 2 is 1.85 bits per heavy atom. The molecule has 0 bridgehead atoms. The summed E-state index contributed by atoms with van der Waals surface area (Å²) in [6, 6.07) is 3.83. The zero-order valence-electron chi connectivity index (χ0n) is 11.2. The molecule has 1 aromatic carbocycles. The van der Waals surface area contributed by atoms with E-state index in [1.54, 1.807) is 0 Å². The molecule has 0 atom stereocenters. The van der Waals surface area contributed by atoms with E-state index in [0.29, 0.717) is 24.7 Å². The van der Waals surface area contributed by atoms with E-state index in [2.05, 4.69) is 5.32 Å². The van der Waals surface area contributed by atoms with Crippen molar-refractivity contribution in [1.29, 1.82) is 0 Å². The quantitative estimate of drug-likeness (QED) is 0.848. The number of nitrogens with two attached hydrogens (primary N) is 1. The molecule has 6 heteroatoms. The van der Waals surface area contributed by atoms with Crippen molar-refractivity contribution in [2.45, 2.75) is 25.4 Å². The first-order valence-corrected chi connectivity index (χ1v) is 6.72. The number of halogens is 2. The number of rotatable bonds is 5. The second-order valence-corrected chi connectivity index (χ2v) is 5.18. The Hall–Kier alpha value is -1.53. The molecule has 1 aliphatic rings. The standard InChI is InChI=1S/C14H19F2N3O/c15-11-5-10(6-12(16)7-11)8-18-13-1-3-19(4-2-13)9-14(17)20/h5-7,13,18H,1-4,8-9H2,(H2,17,20). The first kappa shape index (κ1) is 14.9. The van der Waals surface area contributed by atoms with Crippen molar-refractivity contribution in [3.05, 3.63) is 35.4 Å². The summed E-state index contributed by atoms with van der Waals surface area (Å²) in [5, 5.41) is 3.29. The number of nitrogens with zero attached hydrogens (tertiary/aromatic N) is 1. The van der Waals surface area contributed by atoms with Crippen LogP contribution in [0.25, 0.3) is 0 Å². The summed E-state index contributed by atoms with van der Waals surface area (Å²) in [6.45, 7) is 2.34. The van der Waals surface area contributed by atoms with Gasteiger partial charge in [0.15, 0.2) is 0 Å². The van der Waals surface area contributed by atoms with E-state index in [-0.39, 0.29) is 5.91 Å². The Bertz CT molecular complexity index is 453. The number of carbonyl (C=O) groups is 1. The highest BCUT2D eigenvalue weighted by Gasteiger charge is 2.19. The smallest absolute Gasteiger partial charge is 0.231 e. The van der Waals surface area contributed by atoms with E-state index in [1.165, 1.54) is 12.1 Å². The third-order valence-corrected chi connectivity index (χ3v) is 3.48. The van der Waals surface area contributed by atoms with Crippen LogP contribution in [0.15, 0.2) is 18.2 Å². The van der Waals surface area contributed by atoms with Crippen LogP contribution in [0, 0.1) is 11.6 Å². The highest BCUT2D eigenvalue weighted by molar-refractivity contribution is 5.75. The monoisotopic (exact) mass is 283 g/mol. The maximum absolute atomic E-state index is 13.0. The summed E-state index contributed by atoms with van der Waals surface area (Å²) < 4.78 is 26.1. The Morgan fingerprint density at radius 3 is 2.40 bits per heavy atom. The summed E-state index contributed by atoms with van der Waals surface area (Å²) in [5.41, 5.74) is 5.75. The van der Waals surface area contributed by atoms with E-state index in [0.717, 1.165) is 32.0 Å². The van der Waals surface area contributed by atoms with Gasteiger partial charge in [0.1, 0.15) is 11.6 Å². The van der Waals surface area contributed by atoms with E-state index in [9.17, 15) is 13.6 Å². The Kier molecular flexibility index (Phi) is 5.03. The van der Waals surface area contributed by atoms with E-state index in [4.69, 9.17) is 5.73 Å². The molecule has 3 N–H and O–H groups in total. The lowest BCUT2D eigenvalue weighted by Crippen LogP contribution is -2.45. The average Bonchev–Trinajstić information content (AvgIpc) is 2.36. The van der Waals surface area contributed by atoms with E-state index >= 15 is 0 Å². The van der Waals surface area contributed by atoms with Gasteiger partial charge in [-0.1, -0.05) is 0 Å². The van der Waals surface area contributed by atoms with E-state index < -0.39 is 11.6 Å². The lowest BCUT2D eigenvalue weighted by molar-refractivity contribution is -0.119. The molecule has 0 aliphatic carbocycles. The fourth-order valence-electron chi connectivity index (χ4n) is 2.49. The zero-order valence-corrected chi connectivity index (χ0v) is 11.2. The number of amides is 1. The van der Waals surface area contributed by atoms with Gasteiger partial charge in [-0.25, -0.2) is 8.78 Å². The highest BCUT2D eigenvalue weighted by Crippen LogP contribution is 2.12. The number of nitrogens with one attached hydrogen (secondary N) is 1. The number of carbonyl (C=O) groups excluding carboxylic acids is 1. The zero-order chi connectivity index (χ0) is 14.5. The second-order valence-electron chi connectivity index (χ2n) is 5.18. The Morgan fingerprint density at radius 1 is 1.25 bits per heavy atom. The predicted octanol–water partition coefficient (Wildman–Crippen LogP) is 1.00. The molecule has 1 fully saturated rings. The van der Waals surface area contributed by atoms with Gasteiger partial charge >= 0.3 is 0 Å². The molecular formula is C14H19F2N3O. The summed E-state index contributed by atoms with van der Waals surface area (Å²) in [7, 11) is 0. The lowest BCUT2D eigenvalue weighted by atomic mass is 10.0. The van der Waals surface area contributed by atoms with Gasteiger partial charge in [-0.05, 0) is 30.5 Å². The molecule has 4 nitrogen and oxygen atoms in total. The van der Waals surface area contributed by atoms with Crippen molar-refractivity contribution in [3.8, 4) is 0 Å². The number of likely N-dealkylation sites (tertiary alicyclic amines) is 1. The van der Waals surface area contributed by atoms with Gasteiger partial charge in [0, 0.05) is 31.7 Å². The number of piperidine rings is 1. The Labute approximate surface area is 116 Å². The van der Waals surface area contributed by atoms with E-state index in [1.807, 2.05) is 4.90 Å². The molecule has 1 amide bonds. The van der Waals surface area contributed by atoms with Crippen LogP contribution in [0.2, 0.25) is 0 Å². The molecule has 0 radical (unpaired) electrons. The number of benzene rings is 1. The summed E-state index contributed by atoms with van der Waals surface area (Å²) in [5.74, 6) is -1.43. The molecule has 20 heavy (non-hydrogen) atoms. The van der Waals surface area contributed by atoms with Gasteiger partial charge in [-0.2, -0.15) is 0 Å². The van der Waals surface area contributed by atoms with Crippen molar-refractivity contribution < 1.29 is 13.6 Å². The van der Waals surface area contributed by atoms with Gasteiger partial charge in [-0.15, -0.1) is 0 Å². The molecule has 110 valence electrons. The van der Waals surface area contributed by atoms with Gasteiger partial charge in [-0.3, -0.25) is 9.69 Å². The second kappa shape index (κ2) is 6.76. The van der Waals surface area contributed by atoms with Crippen LogP contribution in [0.4, 0.5) is 8.78 Å². The predicted molar refractivity (Wildman–Crippen MR) is 71.9 cm³/mol. The number of hydrogen-bond acceptors (Lipinski definition) is 3. The summed E-state index contributed by atoms with van der Waals surface area (Å²) in [4.78, 5) is 12.8.